The van der Waals surface area contributed by atoms with Gasteiger partial charge < -0.3 is 15.7 Å². The standard InChI is InChI=1S/C19H19F2N7O2/c20-14-2-1-3-15(16(14)21)28-18(24-25-26-28)13-8-12(9-23-17(13)22)19(30)27-6-4-11(10-29)5-7-27/h1-3,8-9,11,29H,4-7,10H2,(H2,22,23). The second-order valence-electron chi connectivity index (χ2n) is 7.06. The van der Waals surface area contributed by atoms with Crippen molar-refractivity contribution in [3.05, 3.63) is 47.7 Å². The van der Waals surface area contributed by atoms with Crippen LogP contribution in [0.3, 0.4) is 0 Å². The third-order valence-corrected chi connectivity index (χ3v) is 5.20. The first kappa shape index (κ1) is 19.8. The van der Waals surface area contributed by atoms with E-state index in [9.17, 15) is 18.7 Å². The van der Waals surface area contributed by atoms with Crippen LogP contribution in [0.15, 0.2) is 30.5 Å². The van der Waals surface area contributed by atoms with Crippen LogP contribution >= 0.6 is 0 Å². The number of nitrogens with zero attached hydrogens (tertiary/aromatic N) is 6. The summed E-state index contributed by atoms with van der Waals surface area (Å²) in [5.41, 5.74) is 6.27. The number of aliphatic hydroxyl groups excluding tert-OH is 1. The van der Waals surface area contributed by atoms with Crippen LogP contribution in [-0.2, 0) is 0 Å². The molecular formula is C19H19F2N7O2. The molecule has 1 amide bonds. The van der Waals surface area contributed by atoms with Crippen molar-refractivity contribution in [1.82, 2.24) is 30.1 Å². The molecule has 4 rings (SSSR count). The van der Waals surface area contributed by atoms with Gasteiger partial charge in [0.2, 0.25) is 0 Å². The minimum Gasteiger partial charge on any atom is -0.396 e. The number of tetrazole rings is 1. The second kappa shape index (κ2) is 8.11. The van der Waals surface area contributed by atoms with E-state index in [0.717, 1.165) is 10.7 Å². The maximum atomic E-state index is 14.3. The Labute approximate surface area is 170 Å². The van der Waals surface area contributed by atoms with E-state index in [-0.39, 0.29) is 46.9 Å². The van der Waals surface area contributed by atoms with Crippen LogP contribution in [0.1, 0.15) is 23.2 Å². The number of rotatable bonds is 4. The Kier molecular flexibility index (Phi) is 5.36. The van der Waals surface area contributed by atoms with Crippen molar-refractivity contribution in [1.29, 1.82) is 0 Å². The Bertz CT molecular complexity index is 1080. The van der Waals surface area contributed by atoms with Gasteiger partial charge in [-0.1, -0.05) is 6.07 Å². The number of nitrogens with two attached hydrogens (primary N) is 1. The number of aromatic nitrogens is 5. The minimum absolute atomic E-state index is 0.0261. The zero-order chi connectivity index (χ0) is 21.3. The van der Waals surface area contributed by atoms with Gasteiger partial charge in [-0.15, -0.1) is 5.10 Å². The van der Waals surface area contributed by atoms with Gasteiger partial charge in [0.1, 0.15) is 11.5 Å². The summed E-state index contributed by atoms with van der Waals surface area (Å²) >= 11 is 0. The van der Waals surface area contributed by atoms with Crippen molar-refractivity contribution in [2.24, 2.45) is 5.92 Å². The van der Waals surface area contributed by atoms with Gasteiger partial charge in [0.15, 0.2) is 17.5 Å². The molecule has 1 aromatic carbocycles. The highest BCUT2D eigenvalue weighted by atomic mass is 19.2. The summed E-state index contributed by atoms with van der Waals surface area (Å²) in [5.74, 6) is -2.14. The first-order valence-corrected chi connectivity index (χ1v) is 9.38. The molecule has 1 saturated heterocycles. The summed E-state index contributed by atoms with van der Waals surface area (Å²) in [7, 11) is 0. The third-order valence-electron chi connectivity index (χ3n) is 5.20. The average Bonchev–Trinajstić information content (AvgIpc) is 3.25. The van der Waals surface area contributed by atoms with E-state index < -0.39 is 11.6 Å². The summed E-state index contributed by atoms with van der Waals surface area (Å²) in [6.07, 6.45) is 2.79. The van der Waals surface area contributed by atoms with Crippen molar-refractivity contribution in [2.45, 2.75) is 12.8 Å². The van der Waals surface area contributed by atoms with Crippen molar-refractivity contribution in [2.75, 3.05) is 25.4 Å². The van der Waals surface area contributed by atoms with E-state index in [1.807, 2.05) is 0 Å². The number of likely N-dealkylation sites (tertiary alicyclic amines) is 1. The molecule has 2 aromatic heterocycles. The highest BCUT2D eigenvalue weighted by molar-refractivity contribution is 5.95. The zero-order valence-corrected chi connectivity index (χ0v) is 15.9. The van der Waals surface area contributed by atoms with Crippen LogP contribution in [0, 0.1) is 17.6 Å². The summed E-state index contributed by atoms with van der Waals surface area (Å²) in [5, 5.41) is 20.4. The molecule has 0 saturated carbocycles. The number of carbonyl (C=O) groups is 1. The molecule has 1 aliphatic heterocycles. The fourth-order valence-corrected chi connectivity index (χ4v) is 3.45. The number of anilines is 1. The van der Waals surface area contributed by atoms with Gasteiger partial charge in [0, 0.05) is 25.9 Å². The van der Waals surface area contributed by atoms with E-state index in [4.69, 9.17) is 5.73 Å². The predicted molar refractivity (Wildman–Crippen MR) is 102 cm³/mol. The fourth-order valence-electron chi connectivity index (χ4n) is 3.45. The highest BCUT2D eigenvalue weighted by Gasteiger charge is 2.25. The summed E-state index contributed by atoms with van der Waals surface area (Å²) in [6, 6.07) is 5.12. The van der Waals surface area contributed by atoms with E-state index in [0.29, 0.717) is 25.9 Å². The van der Waals surface area contributed by atoms with Crippen LogP contribution in [0.4, 0.5) is 14.6 Å². The van der Waals surface area contributed by atoms with Gasteiger partial charge in [-0.3, -0.25) is 4.79 Å². The molecule has 1 fully saturated rings. The largest absolute Gasteiger partial charge is 0.396 e. The van der Waals surface area contributed by atoms with Gasteiger partial charge in [-0.25, -0.2) is 13.8 Å². The number of pyridine rings is 1. The molecule has 3 heterocycles. The molecule has 156 valence electrons. The molecule has 11 heteroatoms. The molecule has 0 aliphatic carbocycles. The number of amides is 1. The fraction of sp³-hybridized carbons (Fsp3) is 0.316. The number of carbonyl (C=O) groups excluding carboxylic acids is 1. The number of nitrogen functional groups attached to an aromatic ring is 1. The lowest BCUT2D eigenvalue weighted by Crippen LogP contribution is -2.39. The topological polar surface area (TPSA) is 123 Å². The van der Waals surface area contributed by atoms with Crippen molar-refractivity contribution in [3.63, 3.8) is 0 Å². The van der Waals surface area contributed by atoms with Gasteiger partial charge in [0.25, 0.3) is 5.91 Å². The quantitative estimate of drug-likeness (QED) is 0.661. The second-order valence-corrected chi connectivity index (χ2v) is 7.06. The average molecular weight is 415 g/mol. The van der Waals surface area contributed by atoms with Gasteiger partial charge in [-0.2, -0.15) is 4.68 Å². The van der Waals surface area contributed by atoms with Crippen LogP contribution in [0.2, 0.25) is 0 Å². The van der Waals surface area contributed by atoms with Gasteiger partial charge >= 0.3 is 0 Å². The van der Waals surface area contributed by atoms with Gasteiger partial charge in [0.05, 0.1) is 11.1 Å². The maximum Gasteiger partial charge on any atom is 0.255 e. The smallest absolute Gasteiger partial charge is 0.255 e. The molecule has 0 atom stereocenters. The summed E-state index contributed by atoms with van der Waals surface area (Å²) < 4.78 is 28.9. The van der Waals surface area contributed by atoms with E-state index in [1.165, 1.54) is 24.4 Å². The predicted octanol–water partition coefficient (Wildman–Crippen LogP) is 1.43. The number of piperidine rings is 1. The van der Waals surface area contributed by atoms with Crippen LogP contribution in [0.25, 0.3) is 17.1 Å². The molecule has 0 bridgehead atoms. The summed E-state index contributed by atoms with van der Waals surface area (Å²) in [6.45, 7) is 1.15. The Hall–Kier alpha value is -3.47. The van der Waals surface area contributed by atoms with E-state index in [2.05, 4.69) is 20.5 Å². The van der Waals surface area contributed by atoms with Gasteiger partial charge in [-0.05, 0) is 47.4 Å². The Morgan fingerprint density at radius 2 is 2.03 bits per heavy atom. The van der Waals surface area contributed by atoms with E-state index in [1.54, 1.807) is 4.90 Å². The number of hydrogen-bond acceptors (Lipinski definition) is 7. The number of halogens is 2. The minimum atomic E-state index is -1.11. The van der Waals surface area contributed by atoms with Crippen LogP contribution < -0.4 is 5.73 Å². The highest BCUT2D eigenvalue weighted by Crippen LogP contribution is 2.27. The monoisotopic (exact) mass is 415 g/mol. The molecule has 1 aliphatic rings. The molecule has 0 unspecified atom stereocenters. The first-order valence-electron chi connectivity index (χ1n) is 9.38. The number of hydrogen-bond donors (Lipinski definition) is 2. The Balaban J connectivity index is 1.68. The molecule has 3 N–H and O–H groups in total. The molecule has 3 aromatic rings. The molecule has 30 heavy (non-hydrogen) atoms. The number of benzene rings is 1. The maximum absolute atomic E-state index is 14.3. The normalized spacial score (nSPS) is 14.8. The van der Waals surface area contributed by atoms with Crippen molar-refractivity contribution >= 4 is 11.7 Å². The molecule has 9 nitrogen and oxygen atoms in total. The van der Waals surface area contributed by atoms with Crippen LogP contribution in [0.5, 0.6) is 0 Å². The Morgan fingerprint density at radius 3 is 2.77 bits per heavy atom. The molecule has 0 spiro atoms. The lowest BCUT2D eigenvalue weighted by molar-refractivity contribution is 0.0650. The first-order chi connectivity index (χ1) is 14.5. The third kappa shape index (κ3) is 3.59. The van der Waals surface area contributed by atoms with E-state index >= 15 is 0 Å². The number of aliphatic hydroxyl groups is 1. The molecule has 0 radical (unpaired) electrons. The lowest BCUT2D eigenvalue weighted by atomic mass is 9.97. The van der Waals surface area contributed by atoms with Crippen molar-refractivity contribution in [3.8, 4) is 17.1 Å². The zero-order valence-electron chi connectivity index (χ0n) is 15.9. The Morgan fingerprint density at radius 1 is 1.27 bits per heavy atom. The molecular weight excluding hydrogens is 396 g/mol. The van der Waals surface area contributed by atoms with Crippen LogP contribution in [-0.4, -0.2) is 60.8 Å². The van der Waals surface area contributed by atoms with Crippen molar-refractivity contribution < 1.29 is 18.7 Å². The lowest BCUT2D eigenvalue weighted by Gasteiger charge is -2.31. The SMILES string of the molecule is Nc1ncc(C(=O)N2CCC(CO)CC2)cc1-c1nnnn1-c1cccc(F)c1F. The summed E-state index contributed by atoms with van der Waals surface area (Å²) in [4.78, 5) is 18.6.